The average molecular weight is 434 g/mol. The van der Waals surface area contributed by atoms with Gasteiger partial charge in [-0.05, 0) is 55.5 Å². The number of hydrogen-bond donors (Lipinski definition) is 1. The van der Waals surface area contributed by atoms with Crippen LogP contribution >= 0.6 is 0 Å². The van der Waals surface area contributed by atoms with Gasteiger partial charge in [-0.25, -0.2) is 0 Å². The number of aromatic nitrogens is 1. The Morgan fingerprint density at radius 2 is 1.88 bits per heavy atom. The van der Waals surface area contributed by atoms with E-state index in [1.54, 1.807) is 0 Å². The lowest BCUT2D eigenvalue weighted by Gasteiger charge is -2.32. The van der Waals surface area contributed by atoms with Crippen molar-refractivity contribution >= 4 is 5.91 Å². The van der Waals surface area contributed by atoms with Crippen LogP contribution in [0, 0.1) is 11.8 Å². The van der Waals surface area contributed by atoms with Crippen LogP contribution < -0.4 is 10.1 Å². The molecule has 0 saturated carbocycles. The minimum atomic E-state index is 0.197. The maximum Gasteiger partial charge on any atom is 0.222 e. The molecule has 1 aliphatic rings. The fraction of sp³-hybridized carbons (Fsp3) is 0.385. The zero-order valence-corrected chi connectivity index (χ0v) is 18.6. The van der Waals surface area contributed by atoms with E-state index >= 15 is 0 Å². The molecule has 0 aliphatic carbocycles. The van der Waals surface area contributed by atoms with Gasteiger partial charge in [0.05, 0.1) is 5.69 Å². The molecule has 1 amide bonds. The normalized spacial score (nSPS) is 18.3. The van der Waals surface area contributed by atoms with Crippen molar-refractivity contribution in [3.05, 3.63) is 83.7 Å². The highest BCUT2D eigenvalue weighted by atomic mass is 16.5. The summed E-state index contributed by atoms with van der Waals surface area (Å²) in [5.41, 5.74) is 2.07. The van der Waals surface area contributed by atoms with Crippen LogP contribution in [0.25, 0.3) is 0 Å². The van der Waals surface area contributed by atoms with Crippen molar-refractivity contribution in [3.8, 4) is 5.75 Å². The Balaban J connectivity index is 1.30. The standard InChI is InChI=1S/C26H31N3O3/c1-29(18-20-8-4-2-5-9-20)26(30)15-21-12-13-27-17-22(21)14-23-16-25(32-28-23)19-31-24-10-6-3-7-11-24/h2-11,16,21-22,27H,12-15,17-19H2,1H3/t21-,22-/m0/s1. The van der Waals surface area contributed by atoms with Gasteiger partial charge in [0.15, 0.2) is 5.76 Å². The molecule has 6 heteroatoms. The summed E-state index contributed by atoms with van der Waals surface area (Å²) < 4.78 is 11.2. The summed E-state index contributed by atoms with van der Waals surface area (Å²) in [4.78, 5) is 14.7. The summed E-state index contributed by atoms with van der Waals surface area (Å²) in [5.74, 6) is 2.40. The van der Waals surface area contributed by atoms with Gasteiger partial charge >= 0.3 is 0 Å². The van der Waals surface area contributed by atoms with Crippen molar-refractivity contribution in [2.45, 2.75) is 32.4 Å². The number of piperidine rings is 1. The van der Waals surface area contributed by atoms with Crippen LogP contribution in [0.5, 0.6) is 5.75 Å². The molecule has 2 atom stereocenters. The van der Waals surface area contributed by atoms with Gasteiger partial charge < -0.3 is 19.5 Å². The first-order valence-corrected chi connectivity index (χ1v) is 11.3. The highest BCUT2D eigenvalue weighted by Crippen LogP contribution is 2.27. The summed E-state index contributed by atoms with van der Waals surface area (Å²) in [5, 5.41) is 7.72. The van der Waals surface area contributed by atoms with Crippen molar-refractivity contribution in [3.63, 3.8) is 0 Å². The zero-order valence-electron chi connectivity index (χ0n) is 18.6. The number of nitrogens with zero attached hydrogens (tertiary/aromatic N) is 2. The Bertz CT molecular complexity index is 974. The van der Waals surface area contributed by atoms with Gasteiger partial charge in [0, 0.05) is 26.1 Å². The molecule has 6 nitrogen and oxygen atoms in total. The summed E-state index contributed by atoms with van der Waals surface area (Å²) in [6.07, 6.45) is 2.36. The monoisotopic (exact) mass is 433 g/mol. The largest absolute Gasteiger partial charge is 0.486 e. The number of rotatable bonds is 9. The molecule has 2 aromatic carbocycles. The van der Waals surface area contributed by atoms with Gasteiger partial charge in [-0.15, -0.1) is 0 Å². The van der Waals surface area contributed by atoms with Crippen LogP contribution in [0.3, 0.4) is 0 Å². The topological polar surface area (TPSA) is 67.6 Å². The molecule has 0 bridgehead atoms. The first-order chi connectivity index (χ1) is 15.7. The Morgan fingerprint density at radius 1 is 1.12 bits per heavy atom. The van der Waals surface area contributed by atoms with Gasteiger partial charge in [0.25, 0.3) is 0 Å². The lowest BCUT2D eigenvalue weighted by Crippen LogP contribution is -2.40. The van der Waals surface area contributed by atoms with Crippen LogP contribution in [-0.4, -0.2) is 36.1 Å². The number of carbonyl (C=O) groups is 1. The Hall–Kier alpha value is -3.12. The first kappa shape index (κ1) is 22.1. The van der Waals surface area contributed by atoms with Gasteiger partial charge in [0.2, 0.25) is 5.91 Å². The van der Waals surface area contributed by atoms with E-state index < -0.39 is 0 Å². The van der Waals surface area contributed by atoms with E-state index in [4.69, 9.17) is 9.26 Å². The Labute approximate surface area is 189 Å². The second kappa shape index (κ2) is 11.0. The van der Waals surface area contributed by atoms with E-state index in [1.807, 2.05) is 66.5 Å². The molecule has 4 rings (SSSR count). The van der Waals surface area contributed by atoms with E-state index in [9.17, 15) is 4.79 Å². The summed E-state index contributed by atoms with van der Waals surface area (Å²) in [6.45, 7) is 2.84. The van der Waals surface area contributed by atoms with Crippen molar-refractivity contribution in [1.29, 1.82) is 0 Å². The molecule has 1 N–H and O–H groups in total. The van der Waals surface area contributed by atoms with Gasteiger partial charge in [-0.2, -0.15) is 0 Å². The lowest BCUT2D eigenvalue weighted by atomic mass is 9.81. The molecule has 2 heterocycles. The van der Waals surface area contributed by atoms with Gasteiger partial charge in [-0.1, -0.05) is 53.7 Å². The fourth-order valence-electron chi connectivity index (χ4n) is 4.27. The molecule has 0 unspecified atom stereocenters. The average Bonchev–Trinajstić information content (AvgIpc) is 3.27. The third kappa shape index (κ3) is 6.20. The highest BCUT2D eigenvalue weighted by molar-refractivity contribution is 5.76. The quantitative estimate of drug-likeness (QED) is 0.551. The predicted molar refractivity (Wildman–Crippen MR) is 123 cm³/mol. The van der Waals surface area contributed by atoms with Gasteiger partial charge in [-0.3, -0.25) is 4.79 Å². The fourth-order valence-corrected chi connectivity index (χ4v) is 4.27. The molecule has 1 aliphatic heterocycles. The molecule has 168 valence electrons. The molecular weight excluding hydrogens is 402 g/mol. The molecule has 1 fully saturated rings. The summed E-state index contributed by atoms with van der Waals surface area (Å²) >= 11 is 0. The van der Waals surface area contributed by atoms with Crippen LogP contribution in [0.2, 0.25) is 0 Å². The van der Waals surface area contributed by atoms with Crippen LogP contribution in [0.1, 0.15) is 29.9 Å². The van der Waals surface area contributed by atoms with E-state index in [2.05, 4.69) is 22.6 Å². The molecular formula is C26H31N3O3. The van der Waals surface area contributed by atoms with Crippen LogP contribution in [0.4, 0.5) is 0 Å². The van der Waals surface area contributed by atoms with E-state index in [1.165, 1.54) is 0 Å². The number of para-hydroxylation sites is 1. The summed E-state index contributed by atoms with van der Waals surface area (Å²) in [7, 11) is 1.89. The van der Waals surface area contributed by atoms with Crippen molar-refractivity contribution in [1.82, 2.24) is 15.4 Å². The lowest BCUT2D eigenvalue weighted by molar-refractivity contribution is -0.132. The van der Waals surface area contributed by atoms with Crippen LogP contribution in [-0.2, 0) is 24.4 Å². The second-order valence-corrected chi connectivity index (χ2v) is 8.54. The third-order valence-corrected chi connectivity index (χ3v) is 6.09. The minimum absolute atomic E-state index is 0.197. The minimum Gasteiger partial charge on any atom is -0.486 e. The smallest absolute Gasteiger partial charge is 0.222 e. The Kier molecular flexibility index (Phi) is 7.56. The maximum absolute atomic E-state index is 12.9. The number of ether oxygens (including phenoxy) is 1. The van der Waals surface area contributed by atoms with Gasteiger partial charge in [0.1, 0.15) is 12.4 Å². The first-order valence-electron chi connectivity index (χ1n) is 11.3. The van der Waals surface area contributed by atoms with Crippen molar-refractivity contribution < 1.29 is 14.1 Å². The molecule has 1 saturated heterocycles. The van der Waals surface area contributed by atoms with Crippen molar-refractivity contribution in [2.24, 2.45) is 11.8 Å². The molecule has 32 heavy (non-hydrogen) atoms. The maximum atomic E-state index is 12.9. The molecule has 0 radical (unpaired) electrons. The molecule has 1 aromatic heterocycles. The number of hydrogen-bond acceptors (Lipinski definition) is 5. The second-order valence-electron chi connectivity index (χ2n) is 8.54. The number of carbonyl (C=O) groups excluding carboxylic acids is 1. The predicted octanol–water partition coefficient (Wildman–Crippen LogP) is 4.07. The Morgan fingerprint density at radius 3 is 2.66 bits per heavy atom. The van der Waals surface area contributed by atoms with E-state index in [-0.39, 0.29) is 5.91 Å². The zero-order chi connectivity index (χ0) is 22.2. The molecule has 3 aromatic rings. The molecule has 0 spiro atoms. The van der Waals surface area contributed by atoms with E-state index in [0.717, 1.165) is 42.9 Å². The SMILES string of the molecule is CN(Cc1ccccc1)C(=O)C[C@@H]1CCNC[C@@H]1Cc1cc(COc2ccccc2)on1. The summed E-state index contributed by atoms with van der Waals surface area (Å²) in [6, 6.07) is 21.8. The number of nitrogens with one attached hydrogen (secondary N) is 1. The number of benzene rings is 2. The van der Waals surface area contributed by atoms with Crippen LogP contribution in [0.15, 0.2) is 71.3 Å². The third-order valence-electron chi connectivity index (χ3n) is 6.09. The van der Waals surface area contributed by atoms with Crippen molar-refractivity contribution in [2.75, 3.05) is 20.1 Å². The number of amides is 1. The van der Waals surface area contributed by atoms with E-state index in [0.29, 0.717) is 37.2 Å². The highest BCUT2D eigenvalue weighted by Gasteiger charge is 2.29.